The van der Waals surface area contributed by atoms with E-state index in [0.717, 1.165) is 16.5 Å². The minimum absolute atomic E-state index is 0.272. The van der Waals surface area contributed by atoms with Crippen LogP contribution in [0.1, 0.15) is 32.2 Å². The largest absolute Gasteiger partial charge is 0.444 e. The summed E-state index contributed by atoms with van der Waals surface area (Å²) in [5.41, 5.74) is 1.63. The Hall–Kier alpha value is -1.17. The van der Waals surface area contributed by atoms with E-state index in [4.69, 9.17) is 4.74 Å². The van der Waals surface area contributed by atoms with Crippen LogP contribution >= 0.6 is 11.8 Å². The van der Waals surface area contributed by atoms with Crippen LogP contribution in [0.4, 0.5) is 4.79 Å². The second kappa shape index (κ2) is 4.50. The van der Waals surface area contributed by atoms with Gasteiger partial charge in [-0.25, -0.2) is 9.78 Å². The van der Waals surface area contributed by atoms with E-state index < -0.39 is 5.60 Å². The van der Waals surface area contributed by atoms with Crippen molar-refractivity contribution in [1.29, 1.82) is 0 Å². The molecule has 0 saturated carbocycles. The number of thioether (sulfide) groups is 1. The molecule has 5 nitrogen and oxygen atoms in total. The van der Waals surface area contributed by atoms with Crippen LogP contribution in [-0.2, 0) is 24.9 Å². The molecule has 0 saturated heterocycles. The maximum atomic E-state index is 12.0. The molecule has 0 unspecified atom stereocenters. The van der Waals surface area contributed by atoms with Crippen LogP contribution in [-0.4, -0.2) is 32.4 Å². The predicted molar refractivity (Wildman–Crippen MR) is 70.5 cm³/mol. The van der Waals surface area contributed by atoms with Gasteiger partial charge in [0.25, 0.3) is 0 Å². The number of hydrogen-bond acceptors (Lipinski definition) is 4. The maximum Gasteiger partial charge on any atom is 0.410 e. The Bertz CT molecular complexity index is 476. The third-order valence-electron chi connectivity index (χ3n) is 2.77. The van der Waals surface area contributed by atoms with Crippen LogP contribution in [0, 0.1) is 0 Å². The molecular weight excluding hydrogens is 250 g/mol. The standard InChI is InChI=1S/C12H19N3O2S/c1-12(2,3)17-11(16)15-6-8-9(7-15)14(4)10(13-8)18-5/h6-7H2,1-5H3. The lowest BCUT2D eigenvalue weighted by molar-refractivity contribution is 0.0237. The number of fused-ring (bicyclic) bond motifs is 1. The van der Waals surface area contributed by atoms with Crippen molar-refractivity contribution in [3.63, 3.8) is 0 Å². The van der Waals surface area contributed by atoms with Gasteiger partial charge in [-0.05, 0) is 27.0 Å². The summed E-state index contributed by atoms with van der Waals surface area (Å²) in [4.78, 5) is 18.2. The van der Waals surface area contributed by atoms with Crippen molar-refractivity contribution in [3.05, 3.63) is 11.4 Å². The van der Waals surface area contributed by atoms with Crippen LogP contribution < -0.4 is 0 Å². The molecule has 0 aromatic carbocycles. The molecule has 1 aromatic heterocycles. The molecule has 6 heteroatoms. The second-order valence-corrected chi connectivity index (χ2v) is 6.16. The highest BCUT2D eigenvalue weighted by atomic mass is 32.2. The van der Waals surface area contributed by atoms with Gasteiger partial charge in [0.05, 0.1) is 24.5 Å². The maximum absolute atomic E-state index is 12.0. The van der Waals surface area contributed by atoms with Gasteiger partial charge in [0.2, 0.25) is 0 Å². The highest BCUT2D eigenvalue weighted by Crippen LogP contribution is 2.27. The van der Waals surface area contributed by atoms with E-state index in [0.29, 0.717) is 13.1 Å². The normalized spacial score (nSPS) is 14.8. The number of rotatable bonds is 1. The van der Waals surface area contributed by atoms with E-state index in [2.05, 4.69) is 4.98 Å². The highest BCUT2D eigenvalue weighted by Gasteiger charge is 2.31. The lowest BCUT2D eigenvalue weighted by Gasteiger charge is -2.24. The Morgan fingerprint density at radius 1 is 1.39 bits per heavy atom. The molecule has 0 atom stereocenters. The Morgan fingerprint density at radius 2 is 2.06 bits per heavy atom. The average molecular weight is 269 g/mol. The lowest BCUT2D eigenvalue weighted by Crippen LogP contribution is -2.33. The molecule has 1 aliphatic rings. The van der Waals surface area contributed by atoms with Gasteiger partial charge >= 0.3 is 6.09 Å². The Balaban J connectivity index is 2.09. The molecule has 1 amide bonds. The molecule has 2 heterocycles. The molecule has 1 aromatic rings. The van der Waals surface area contributed by atoms with Crippen molar-refractivity contribution in [2.45, 2.75) is 44.6 Å². The van der Waals surface area contributed by atoms with E-state index in [9.17, 15) is 4.79 Å². The topological polar surface area (TPSA) is 47.4 Å². The van der Waals surface area contributed by atoms with Crippen molar-refractivity contribution in [3.8, 4) is 0 Å². The molecule has 100 valence electrons. The lowest BCUT2D eigenvalue weighted by atomic mass is 10.2. The molecule has 0 N–H and O–H groups in total. The Kier molecular flexibility index (Phi) is 3.31. The zero-order chi connectivity index (χ0) is 13.5. The van der Waals surface area contributed by atoms with Crippen molar-refractivity contribution in [2.75, 3.05) is 6.26 Å². The zero-order valence-corrected chi connectivity index (χ0v) is 12.3. The predicted octanol–water partition coefficient (Wildman–Crippen LogP) is 2.39. The third kappa shape index (κ3) is 2.48. The molecule has 0 bridgehead atoms. The number of amides is 1. The summed E-state index contributed by atoms with van der Waals surface area (Å²) < 4.78 is 7.41. The minimum atomic E-state index is -0.455. The summed E-state index contributed by atoms with van der Waals surface area (Å²) >= 11 is 1.62. The van der Waals surface area contributed by atoms with Crippen molar-refractivity contribution in [2.24, 2.45) is 7.05 Å². The summed E-state index contributed by atoms with van der Waals surface area (Å²) in [5, 5.41) is 0.990. The van der Waals surface area contributed by atoms with Crippen LogP contribution in [0.25, 0.3) is 0 Å². The van der Waals surface area contributed by atoms with E-state index in [-0.39, 0.29) is 6.09 Å². The average Bonchev–Trinajstić information content (AvgIpc) is 2.76. The summed E-state index contributed by atoms with van der Waals surface area (Å²) in [5.74, 6) is 0. The number of hydrogen-bond donors (Lipinski definition) is 0. The summed E-state index contributed by atoms with van der Waals surface area (Å²) in [6.07, 6.45) is 1.73. The van der Waals surface area contributed by atoms with Gasteiger partial charge in [0.1, 0.15) is 5.60 Å². The van der Waals surface area contributed by atoms with E-state index in [1.807, 2.05) is 38.6 Å². The minimum Gasteiger partial charge on any atom is -0.444 e. The van der Waals surface area contributed by atoms with Crippen LogP contribution in [0.15, 0.2) is 5.16 Å². The molecule has 0 fully saturated rings. The quantitative estimate of drug-likeness (QED) is 0.734. The number of nitrogens with zero attached hydrogens (tertiary/aromatic N) is 3. The van der Waals surface area contributed by atoms with Gasteiger partial charge in [-0.15, -0.1) is 0 Å². The first-order valence-electron chi connectivity index (χ1n) is 5.88. The molecule has 0 radical (unpaired) electrons. The van der Waals surface area contributed by atoms with Crippen LogP contribution in [0.3, 0.4) is 0 Å². The van der Waals surface area contributed by atoms with E-state index >= 15 is 0 Å². The third-order valence-corrected chi connectivity index (χ3v) is 3.50. The monoisotopic (exact) mass is 269 g/mol. The number of carbonyl (C=O) groups is 1. The smallest absolute Gasteiger partial charge is 0.410 e. The fraction of sp³-hybridized carbons (Fsp3) is 0.667. The zero-order valence-electron chi connectivity index (χ0n) is 11.5. The molecule has 1 aliphatic heterocycles. The summed E-state index contributed by atoms with van der Waals surface area (Å²) in [7, 11) is 1.98. The Labute approximate surface area is 112 Å². The first-order chi connectivity index (χ1) is 8.31. The highest BCUT2D eigenvalue weighted by molar-refractivity contribution is 7.98. The van der Waals surface area contributed by atoms with Crippen LogP contribution in [0.5, 0.6) is 0 Å². The van der Waals surface area contributed by atoms with E-state index in [1.165, 1.54) is 0 Å². The fourth-order valence-corrected chi connectivity index (χ4v) is 2.53. The van der Waals surface area contributed by atoms with Gasteiger partial charge in [-0.3, -0.25) is 4.90 Å². The molecule has 18 heavy (non-hydrogen) atoms. The number of carbonyl (C=O) groups excluding carboxylic acids is 1. The second-order valence-electron chi connectivity index (χ2n) is 5.39. The number of imidazole rings is 1. The Morgan fingerprint density at radius 3 is 2.56 bits per heavy atom. The fourth-order valence-electron chi connectivity index (χ4n) is 1.94. The van der Waals surface area contributed by atoms with Gasteiger partial charge in [0.15, 0.2) is 5.16 Å². The first-order valence-corrected chi connectivity index (χ1v) is 7.10. The van der Waals surface area contributed by atoms with Gasteiger partial charge in [0, 0.05) is 7.05 Å². The molecule has 2 rings (SSSR count). The number of aromatic nitrogens is 2. The van der Waals surface area contributed by atoms with Gasteiger partial charge in [-0.1, -0.05) is 11.8 Å². The first kappa shape index (κ1) is 13.3. The van der Waals surface area contributed by atoms with Gasteiger partial charge in [-0.2, -0.15) is 0 Å². The molecule has 0 aliphatic carbocycles. The number of ether oxygens (including phenoxy) is 1. The molecular formula is C12H19N3O2S. The van der Waals surface area contributed by atoms with E-state index in [1.54, 1.807) is 16.7 Å². The SMILES string of the molecule is CSc1nc2c(n1C)CN(C(=O)OC(C)(C)C)C2. The van der Waals surface area contributed by atoms with Crippen LogP contribution in [0.2, 0.25) is 0 Å². The molecule has 0 spiro atoms. The van der Waals surface area contributed by atoms with Crippen molar-refractivity contribution in [1.82, 2.24) is 14.5 Å². The summed E-state index contributed by atoms with van der Waals surface area (Å²) in [6.45, 7) is 6.74. The van der Waals surface area contributed by atoms with Crippen molar-refractivity contribution >= 4 is 17.9 Å². The van der Waals surface area contributed by atoms with Crippen molar-refractivity contribution < 1.29 is 9.53 Å². The summed E-state index contributed by atoms with van der Waals surface area (Å²) in [6, 6.07) is 0. The van der Waals surface area contributed by atoms with Gasteiger partial charge < -0.3 is 9.30 Å².